The highest BCUT2D eigenvalue weighted by atomic mass is 16.5. The van der Waals surface area contributed by atoms with Crippen molar-refractivity contribution in [1.29, 1.82) is 5.26 Å². The largest absolute Gasteiger partial charge is 0.457 e. The average Bonchev–Trinajstić information content (AvgIpc) is 3.67. The van der Waals surface area contributed by atoms with E-state index in [1.54, 1.807) is 6.20 Å². The predicted molar refractivity (Wildman–Crippen MR) is 197 cm³/mol. The van der Waals surface area contributed by atoms with Crippen LogP contribution in [-0.4, -0.2) is 14.5 Å². The van der Waals surface area contributed by atoms with Crippen LogP contribution >= 0.6 is 0 Å². The minimum Gasteiger partial charge on any atom is -0.457 e. The first-order valence-corrected chi connectivity index (χ1v) is 16.3. The molecule has 0 fully saturated rings. The van der Waals surface area contributed by atoms with Gasteiger partial charge in [0.25, 0.3) is 0 Å². The summed E-state index contributed by atoms with van der Waals surface area (Å²) in [5, 5.41) is 15.5. The van der Waals surface area contributed by atoms with Gasteiger partial charge in [-0.1, -0.05) is 51.1 Å². The van der Waals surface area contributed by atoms with Crippen molar-refractivity contribution in [3.05, 3.63) is 139 Å². The van der Waals surface area contributed by atoms with Crippen LogP contribution in [0.5, 0.6) is 11.5 Å². The highest BCUT2D eigenvalue weighted by Crippen LogP contribution is 2.42. The van der Waals surface area contributed by atoms with Crippen LogP contribution in [0, 0.1) is 11.3 Å². The average molecular weight is 635 g/mol. The van der Waals surface area contributed by atoms with Gasteiger partial charge in [-0.3, -0.25) is 9.55 Å². The van der Waals surface area contributed by atoms with Gasteiger partial charge in [0.15, 0.2) is 0 Å². The molecule has 0 saturated heterocycles. The molecular formula is C43H30N4O2. The molecule has 0 unspecified atom stereocenters. The van der Waals surface area contributed by atoms with E-state index < -0.39 is 0 Å². The second kappa shape index (κ2) is 10.8. The molecule has 49 heavy (non-hydrogen) atoms. The van der Waals surface area contributed by atoms with Gasteiger partial charge in [0.1, 0.15) is 28.5 Å². The third-order valence-corrected chi connectivity index (χ3v) is 9.32. The second-order valence-corrected chi connectivity index (χ2v) is 13.4. The van der Waals surface area contributed by atoms with E-state index in [0.29, 0.717) is 17.1 Å². The molecule has 0 N–H and O–H groups in total. The number of furan rings is 1. The molecule has 0 radical (unpaired) electrons. The SMILES string of the molecule is CC(C)(C)c1ccnc(-n2c3ccccc3c3ccc(Oc4cc(-c5ccccn5)c5oc6c7ccc(C#N)cc7ccc6c5c4)cc32)c1. The second-order valence-electron chi connectivity index (χ2n) is 13.4. The predicted octanol–water partition coefficient (Wildman–Crippen LogP) is 11.3. The van der Waals surface area contributed by atoms with E-state index in [9.17, 15) is 5.26 Å². The molecule has 0 aliphatic heterocycles. The number of ether oxygens (including phenoxy) is 1. The monoisotopic (exact) mass is 634 g/mol. The van der Waals surface area contributed by atoms with Gasteiger partial charge < -0.3 is 9.15 Å². The number of nitriles is 1. The Morgan fingerprint density at radius 3 is 2.31 bits per heavy atom. The van der Waals surface area contributed by atoms with Gasteiger partial charge in [0, 0.05) is 51.0 Å². The number of rotatable bonds is 4. The van der Waals surface area contributed by atoms with Crippen molar-refractivity contribution in [2.24, 2.45) is 0 Å². The molecule has 0 atom stereocenters. The molecule has 234 valence electrons. The molecule has 9 rings (SSSR count). The first-order valence-electron chi connectivity index (χ1n) is 16.3. The highest BCUT2D eigenvalue weighted by Gasteiger charge is 2.20. The zero-order chi connectivity index (χ0) is 33.3. The van der Waals surface area contributed by atoms with E-state index in [0.717, 1.165) is 71.6 Å². The third-order valence-electron chi connectivity index (χ3n) is 9.32. The third kappa shape index (κ3) is 4.70. The summed E-state index contributed by atoms with van der Waals surface area (Å²) in [4.78, 5) is 9.51. The van der Waals surface area contributed by atoms with Crippen LogP contribution < -0.4 is 4.74 Å². The molecular weight excluding hydrogens is 604 g/mol. The first-order chi connectivity index (χ1) is 23.9. The standard InChI is InChI=1S/C43H30N4O2/c1-43(2,3)28-17-19-46-40(21-28)47-38-10-5-4-8-32(38)33-16-13-29(24-39(33)47)48-30-22-35-34-15-12-27-20-26(25-44)11-14-31(27)41(34)49-42(35)36(23-30)37-9-6-7-18-45-37/h4-24H,1-3H3. The lowest BCUT2D eigenvalue weighted by molar-refractivity contribution is 0.484. The summed E-state index contributed by atoms with van der Waals surface area (Å²) in [6, 6.07) is 40.9. The van der Waals surface area contributed by atoms with Crippen molar-refractivity contribution >= 4 is 54.5 Å². The maximum Gasteiger partial charge on any atom is 0.145 e. The Balaban J connectivity index is 1.23. The molecule has 4 heterocycles. The Hall–Kier alpha value is -6.45. The van der Waals surface area contributed by atoms with Crippen molar-refractivity contribution in [3.8, 4) is 34.6 Å². The van der Waals surface area contributed by atoms with E-state index in [1.165, 1.54) is 5.56 Å². The van der Waals surface area contributed by atoms with Crippen molar-refractivity contribution in [2.75, 3.05) is 0 Å². The van der Waals surface area contributed by atoms with E-state index in [-0.39, 0.29) is 5.41 Å². The number of aromatic nitrogens is 3. The fourth-order valence-corrected chi connectivity index (χ4v) is 6.88. The molecule has 6 heteroatoms. The summed E-state index contributed by atoms with van der Waals surface area (Å²) in [6.07, 6.45) is 3.68. The van der Waals surface area contributed by atoms with Crippen molar-refractivity contribution in [2.45, 2.75) is 26.2 Å². The lowest BCUT2D eigenvalue weighted by Gasteiger charge is -2.20. The van der Waals surface area contributed by atoms with Crippen LogP contribution in [0.1, 0.15) is 31.9 Å². The molecule has 4 aromatic heterocycles. The Kier molecular flexibility index (Phi) is 6.33. The molecule has 0 aliphatic carbocycles. The summed E-state index contributed by atoms with van der Waals surface area (Å²) in [5.74, 6) is 2.25. The minimum atomic E-state index is -0.0161. The molecule has 0 saturated carbocycles. The Morgan fingerprint density at radius 1 is 0.653 bits per heavy atom. The van der Waals surface area contributed by atoms with E-state index >= 15 is 0 Å². The van der Waals surface area contributed by atoms with Gasteiger partial charge in [-0.25, -0.2) is 4.98 Å². The fourth-order valence-electron chi connectivity index (χ4n) is 6.88. The normalized spacial score (nSPS) is 12.0. The van der Waals surface area contributed by atoms with E-state index in [4.69, 9.17) is 14.1 Å². The lowest BCUT2D eigenvalue weighted by atomic mass is 9.88. The minimum absolute atomic E-state index is 0.0161. The summed E-state index contributed by atoms with van der Waals surface area (Å²) in [7, 11) is 0. The first kappa shape index (κ1) is 28.7. The van der Waals surface area contributed by atoms with Gasteiger partial charge in [-0.05, 0) is 95.2 Å². The molecule has 9 aromatic rings. The summed E-state index contributed by atoms with van der Waals surface area (Å²) in [5.41, 5.74) is 7.04. The maximum absolute atomic E-state index is 9.45. The van der Waals surface area contributed by atoms with E-state index in [1.807, 2.05) is 66.9 Å². The Labute approximate surface area is 282 Å². The van der Waals surface area contributed by atoms with Crippen LogP contribution in [0.4, 0.5) is 0 Å². The topological polar surface area (TPSA) is 76.9 Å². The maximum atomic E-state index is 9.45. The number of hydrogen-bond acceptors (Lipinski definition) is 5. The van der Waals surface area contributed by atoms with E-state index in [2.05, 4.69) is 91.0 Å². The van der Waals surface area contributed by atoms with Crippen LogP contribution in [0.3, 0.4) is 0 Å². The van der Waals surface area contributed by atoms with Crippen LogP contribution in [-0.2, 0) is 5.41 Å². The molecule has 0 aliphatic rings. The summed E-state index contributed by atoms with van der Waals surface area (Å²) >= 11 is 0. The summed E-state index contributed by atoms with van der Waals surface area (Å²) < 4.78 is 15.6. The quantitative estimate of drug-likeness (QED) is 0.192. The van der Waals surface area contributed by atoms with Crippen molar-refractivity contribution < 1.29 is 9.15 Å². The number of hydrogen-bond donors (Lipinski definition) is 0. The van der Waals surface area contributed by atoms with Gasteiger partial charge in [0.05, 0.1) is 28.4 Å². The zero-order valence-corrected chi connectivity index (χ0v) is 27.2. The number of para-hydroxylation sites is 1. The van der Waals surface area contributed by atoms with Crippen molar-refractivity contribution in [1.82, 2.24) is 14.5 Å². The fraction of sp³-hybridized carbons (Fsp3) is 0.0930. The molecule has 0 spiro atoms. The van der Waals surface area contributed by atoms with Crippen LogP contribution in [0.15, 0.2) is 132 Å². The number of benzene rings is 5. The molecule has 6 nitrogen and oxygen atoms in total. The Morgan fingerprint density at radius 2 is 1.47 bits per heavy atom. The highest BCUT2D eigenvalue weighted by molar-refractivity contribution is 6.17. The molecule has 0 amide bonds. The van der Waals surface area contributed by atoms with Crippen LogP contribution in [0.25, 0.3) is 71.6 Å². The van der Waals surface area contributed by atoms with Gasteiger partial charge in [0.2, 0.25) is 0 Å². The lowest BCUT2D eigenvalue weighted by Crippen LogP contribution is -2.12. The van der Waals surface area contributed by atoms with Crippen molar-refractivity contribution in [3.63, 3.8) is 0 Å². The smallest absolute Gasteiger partial charge is 0.145 e. The van der Waals surface area contributed by atoms with Gasteiger partial charge in [-0.15, -0.1) is 0 Å². The van der Waals surface area contributed by atoms with Gasteiger partial charge >= 0.3 is 0 Å². The molecule has 0 bridgehead atoms. The van der Waals surface area contributed by atoms with Gasteiger partial charge in [-0.2, -0.15) is 5.26 Å². The number of nitrogens with zero attached hydrogens (tertiary/aromatic N) is 4. The zero-order valence-electron chi connectivity index (χ0n) is 27.2. The summed E-state index contributed by atoms with van der Waals surface area (Å²) in [6.45, 7) is 6.66. The number of pyridine rings is 2. The van der Waals surface area contributed by atoms with Crippen LogP contribution in [0.2, 0.25) is 0 Å². The Bertz CT molecular complexity index is 2800. The number of fused-ring (bicyclic) bond motifs is 8. The molecule has 5 aromatic carbocycles.